The molecule has 0 fully saturated rings. The molecule has 0 heterocycles. The first-order valence-corrected chi connectivity index (χ1v) is 6.72. The Kier molecular flexibility index (Phi) is 4.99. The zero-order chi connectivity index (χ0) is 13.5. The summed E-state index contributed by atoms with van der Waals surface area (Å²) in [5.41, 5.74) is 2.48. The van der Waals surface area contributed by atoms with Crippen LogP contribution in [0.3, 0.4) is 0 Å². The first-order chi connectivity index (χ1) is 9.25. The Morgan fingerprint density at radius 3 is 2.42 bits per heavy atom. The molecule has 0 radical (unpaired) electrons. The van der Waals surface area contributed by atoms with Gasteiger partial charge in [0.2, 0.25) is 0 Å². The highest BCUT2D eigenvalue weighted by molar-refractivity contribution is 5.31. The summed E-state index contributed by atoms with van der Waals surface area (Å²) >= 11 is 0. The standard InChI is InChI=1S/C17H21NO/c1-14-8-6-7-11-17(14)19-15(2)12-18-13-16-9-4-3-5-10-16/h3-11,15,18H,12-13H2,1-2H3. The Balaban J connectivity index is 1.76. The van der Waals surface area contributed by atoms with Crippen molar-refractivity contribution in [1.82, 2.24) is 5.32 Å². The molecule has 1 atom stereocenters. The molecular weight excluding hydrogens is 234 g/mol. The van der Waals surface area contributed by atoms with Crippen LogP contribution in [0, 0.1) is 6.92 Å². The second-order valence-corrected chi connectivity index (χ2v) is 4.81. The normalized spacial score (nSPS) is 12.1. The molecule has 0 spiro atoms. The van der Waals surface area contributed by atoms with Crippen molar-refractivity contribution in [2.75, 3.05) is 6.54 Å². The third-order valence-electron chi connectivity index (χ3n) is 3.03. The van der Waals surface area contributed by atoms with Crippen LogP contribution in [0.1, 0.15) is 18.1 Å². The molecule has 2 rings (SSSR count). The van der Waals surface area contributed by atoms with E-state index in [9.17, 15) is 0 Å². The van der Waals surface area contributed by atoms with Gasteiger partial charge in [-0.15, -0.1) is 0 Å². The zero-order valence-corrected chi connectivity index (χ0v) is 11.6. The average molecular weight is 255 g/mol. The molecule has 2 aromatic carbocycles. The van der Waals surface area contributed by atoms with Crippen molar-refractivity contribution in [3.8, 4) is 5.75 Å². The van der Waals surface area contributed by atoms with Crippen LogP contribution in [0.5, 0.6) is 5.75 Å². The maximum Gasteiger partial charge on any atom is 0.122 e. The Hall–Kier alpha value is -1.80. The third kappa shape index (κ3) is 4.42. The fourth-order valence-electron chi connectivity index (χ4n) is 1.96. The van der Waals surface area contributed by atoms with Crippen LogP contribution < -0.4 is 10.1 Å². The Labute approximate surface area is 115 Å². The van der Waals surface area contributed by atoms with Gasteiger partial charge in [0.1, 0.15) is 11.9 Å². The van der Waals surface area contributed by atoms with Gasteiger partial charge in [0.25, 0.3) is 0 Å². The highest BCUT2D eigenvalue weighted by atomic mass is 16.5. The van der Waals surface area contributed by atoms with E-state index in [1.807, 2.05) is 24.3 Å². The summed E-state index contributed by atoms with van der Waals surface area (Å²) in [4.78, 5) is 0. The molecule has 0 saturated heterocycles. The second-order valence-electron chi connectivity index (χ2n) is 4.81. The van der Waals surface area contributed by atoms with Crippen LogP contribution in [-0.4, -0.2) is 12.6 Å². The largest absolute Gasteiger partial charge is 0.489 e. The molecule has 0 bridgehead atoms. The van der Waals surface area contributed by atoms with Crippen LogP contribution >= 0.6 is 0 Å². The lowest BCUT2D eigenvalue weighted by Gasteiger charge is -2.17. The van der Waals surface area contributed by atoms with E-state index in [2.05, 4.69) is 49.5 Å². The summed E-state index contributed by atoms with van der Waals surface area (Å²) < 4.78 is 5.92. The Morgan fingerprint density at radius 2 is 1.68 bits per heavy atom. The quantitative estimate of drug-likeness (QED) is 0.852. The van der Waals surface area contributed by atoms with Gasteiger partial charge in [-0.1, -0.05) is 48.5 Å². The molecule has 1 unspecified atom stereocenters. The summed E-state index contributed by atoms with van der Waals surface area (Å²) in [6, 6.07) is 18.5. The van der Waals surface area contributed by atoms with Crippen molar-refractivity contribution in [2.45, 2.75) is 26.5 Å². The highest BCUT2D eigenvalue weighted by Crippen LogP contribution is 2.17. The minimum absolute atomic E-state index is 0.157. The van der Waals surface area contributed by atoms with Crippen molar-refractivity contribution < 1.29 is 4.74 Å². The number of nitrogens with one attached hydrogen (secondary N) is 1. The maximum atomic E-state index is 5.92. The predicted molar refractivity (Wildman–Crippen MR) is 79.4 cm³/mol. The number of para-hydroxylation sites is 1. The minimum atomic E-state index is 0.157. The van der Waals surface area contributed by atoms with E-state index in [1.165, 1.54) is 11.1 Å². The van der Waals surface area contributed by atoms with Gasteiger partial charge < -0.3 is 10.1 Å². The molecule has 100 valence electrons. The van der Waals surface area contributed by atoms with Gasteiger partial charge in [-0.25, -0.2) is 0 Å². The van der Waals surface area contributed by atoms with Gasteiger partial charge in [-0.05, 0) is 31.0 Å². The van der Waals surface area contributed by atoms with E-state index < -0.39 is 0 Å². The van der Waals surface area contributed by atoms with Crippen LogP contribution in [0.25, 0.3) is 0 Å². The van der Waals surface area contributed by atoms with Gasteiger partial charge in [0, 0.05) is 13.1 Å². The van der Waals surface area contributed by atoms with Crippen molar-refractivity contribution in [1.29, 1.82) is 0 Å². The van der Waals surface area contributed by atoms with E-state index in [0.29, 0.717) is 0 Å². The lowest BCUT2D eigenvalue weighted by Crippen LogP contribution is -2.28. The van der Waals surface area contributed by atoms with Gasteiger partial charge >= 0.3 is 0 Å². The van der Waals surface area contributed by atoms with Crippen molar-refractivity contribution in [3.63, 3.8) is 0 Å². The number of hydrogen-bond donors (Lipinski definition) is 1. The summed E-state index contributed by atoms with van der Waals surface area (Å²) in [6.45, 7) is 5.87. The predicted octanol–water partition coefficient (Wildman–Crippen LogP) is 3.55. The SMILES string of the molecule is Cc1ccccc1OC(C)CNCc1ccccc1. The zero-order valence-electron chi connectivity index (χ0n) is 11.6. The topological polar surface area (TPSA) is 21.3 Å². The Morgan fingerprint density at radius 1 is 1.00 bits per heavy atom. The summed E-state index contributed by atoms with van der Waals surface area (Å²) in [5.74, 6) is 0.969. The van der Waals surface area contributed by atoms with E-state index in [1.54, 1.807) is 0 Å². The van der Waals surface area contributed by atoms with Crippen molar-refractivity contribution in [3.05, 3.63) is 65.7 Å². The first-order valence-electron chi connectivity index (χ1n) is 6.72. The number of rotatable bonds is 6. The smallest absolute Gasteiger partial charge is 0.122 e. The lowest BCUT2D eigenvalue weighted by molar-refractivity contribution is 0.215. The molecule has 0 amide bonds. The average Bonchev–Trinajstić information content (AvgIpc) is 2.43. The molecule has 2 aromatic rings. The van der Waals surface area contributed by atoms with Crippen LogP contribution in [0.4, 0.5) is 0 Å². The van der Waals surface area contributed by atoms with E-state index in [0.717, 1.165) is 18.8 Å². The fourth-order valence-corrected chi connectivity index (χ4v) is 1.96. The molecule has 2 heteroatoms. The molecule has 0 aromatic heterocycles. The van der Waals surface area contributed by atoms with Crippen LogP contribution in [0.15, 0.2) is 54.6 Å². The molecule has 1 N–H and O–H groups in total. The third-order valence-corrected chi connectivity index (χ3v) is 3.03. The lowest BCUT2D eigenvalue weighted by atomic mass is 10.2. The van der Waals surface area contributed by atoms with Crippen LogP contribution in [0.2, 0.25) is 0 Å². The van der Waals surface area contributed by atoms with Gasteiger partial charge in [0.05, 0.1) is 0 Å². The van der Waals surface area contributed by atoms with Gasteiger partial charge in [0.15, 0.2) is 0 Å². The molecule has 0 saturated carbocycles. The fraction of sp³-hybridized carbons (Fsp3) is 0.294. The second kappa shape index (κ2) is 6.95. The molecule has 19 heavy (non-hydrogen) atoms. The van der Waals surface area contributed by atoms with Gasteiger partial charge in [-0.2, -0.15) is 0 Å². The van der Waals surface area contributed by atoms with Gasteiger partial charge in [-0.3, -0.25) is 0 Å². The number of aryl methyl sites for hydroxylation is 1. The number of ether oxygens (including phenoxy) is 1. The highest BCUT2D eigenvalue weighted by Gasteiger charge is 2.05. The summed E-state index contributed by atoms with van der Waals surface area (Å²) in [6.07, 6.45) is 0.157. The molecule has 0 aliphatic heterocycles. The molecule has 0 aliphatic carbocycles. The van der Waals surface area contributed by atoms with Crippen LogP contribution in [-0.2, 0) is 6.54 Å². The van der Waals surface area contributed by atoms with E-state index >= 15 is 0 Å². The first kappa shape index (κ1) is 13.6. The maximum absolute atomic E-state index is 5.92. The monoisotopic (exact) mass is 255 g/mol. The Bertz CT molecular complexity index is 496. The molecular formula is C17H21NO. The number of benzene rings is 2. The molecule has 0 aliphatic rings. The van der Waals surface area contributed by atoms with Crippen molar-refractivity contribution >= 4 is 0 Å². The molecule has 2 nitrogen and oxygen atoms in total. The van der Waals surface area contributed by atoms with E-state index in [-0.39, 0.29) is 6.10 Å². The number of hydrogen-bond acceptors (Lipinski definition) is 2. The summed E-state index contributed by atoms with van der Waals surface area (Å²) in [5, 5.41) is 3.42. The minimum Gasteiger partial charge on any atom is -0.489 e. The summed E-state index contributed by atoms with van der Waals surface area (Å²) in [7, 11) is 0. The van der Waals surface area contributed by atoms with E-state index in [4.69, 9.17) is 4.74 Å². The van der Waals surface area contributed by atoms with Crippen molar-refractivity contribution in [2.24, 2.45) is 0 Å².